The predicted octanol–water partition coefficient (Wildman–Crippen LogP) is 3.50. The zero-order chi connectivity index (χ0) is 15.4. The summed E-state index contributed by atoms with van der Waals surface area (Å²) < 4.78 is 0. The van der Waals surface area contributed by atoms with Crippen LogP contribution in [-0.4, -0.2) is 28.0 Å². The molecule has 0 aliphatic heterocycles. The molecule has 5 heteroatoms. The number of hydrogen-bond donors (Lipinski definition) is 1. The smallest absolute Gasteiger partial charge is 0.270 e. The molecule has 1 aliphatic carbocycles. The maximum Gasteiger partial charge on any atom is 0.270 e. The van der Waals surface area contributed by atoms with Crippen LogP contribution < -0.4 is 0 Å². The Labute approximate surface area is 121 Å². The van der Waals surface area contributed by atoms with Crippen molar-refractivity contribution in [1.29, 1.82) is 0 Å². The molecular formula is C15H29NO4. The summed E-state index contributed by atoms with van der Waals surface area (Å²) in [6.45, 7) is 3.44. The van der Waals surface area contributed by atoms with Crippen molar-refractivity contribution in [3.8, 4) is 0 Å². The second-order valence-electron chi connectivity index (χ2n) is 5.73. The van der Waals surface area contributed by atoms with Crippen LogP contribution in [0.1, 0.15) is 78.1 Å². The van der Waals surface area contributed by atoms with E-state index in [0.29, 0.717) is 12.8 Å². The minimum absolute atomic E-state index is 0.162. The first-order valence-corrected chi connectivity index (χ1v) is 7.79. The molecule has 0 saturated heterocycles. The zero-order valence-electron chi connectivity index (χ0n) is 12.8. The van der Waals surface area contributed by atoms with Gasteiger partial charge in [0.2, 0.25) is 5.78 Å². The lowest BCUT2D eigenvalue weighted by molar-refractivity contribution is -0.508. The Morgan fingerprint density at radius 3 is 1.90 bits per heavy atom. The molecule has 1 aliphatic rings. The molecular weight excluding hydrogens is 258 g/mol. The number of nitro groups is 1. The van der Waals surface area contributed by atoms with Gasteiger partial charge in [0.05, 0.1) is 0 Å². The van der Waals surface area contributed by atoms with Crippen LogP contribution in [0.2, 0.25) is 0 Å². The SMILES string of the molecule is CC(C)O.O=C1CCCCCCCCCCC1[N+](=O)[O-]. The number of hydrogen-bond acceptors (Lipinski definition) is 4. The van der Waals surface area contributed by atoms with E-state index < -0.39 is 11.0 Å². The molecule has 118 valence electrons. The van der Waals surface area contributed by atoms with E-state index in [-0.39, 0.29) is 11.9 Å². The molecule has 0 spiro atoms. The van der Waals surface area contributed by atoms with E-state index in [1.54, 1.807) is 13.8 Å². The van der Waals surface area contributed by atoms with E-state index >= 15 is 0 Å². The first-order chi connectivity index (χ1) is 9.45. The number of aliphatic hydroxyl groups excluding tert-OH is 1. The minimum Gasteiger partial charge on any atom is -0.394 e. The van der Waals surface area contributed by atoms with E-state index in [0.717, 1.165) is 38.5 Å². The summed E-state index contributed by atoms with van der Waals surface area (Å²) in [6, 6.07) is -0.931. The summed E-state index contributed by atoms with van der Waals surface area (Å²) in [5, 5.41) is 18.8. The molecule has 0 radical (unpaired) electrons. The van der Waals surface area contributed by atoms with Gasteiger partial charge < -0.3 is 5.11 Å². The lowest BCUT2D eigenvalue weighted by Gasteiger charge is -2.10. The topological polar surface area (TPSA) is 80.4 Å². The molecule has 20 heavy (non-hydrogen) atoms. The van der Waals surface area contributed by atoms with Gasteiger partial charge in [-0.25, -0.2) is 0 Å². The van der Waals surface area contributed by atoms with Crippen molar-refractivity contribution >= 4 is 5.78 Å². The molecule has 1 rings (SSSR count). The van der Waals surface area contributed by atoms with Gasteiger partial charge in [0.1, 0.15) is 0 Å². The van der Waals surface area contributed by atoms with Gasteiger partial charge in [0.25, 0.3) is 6.04 Å². The molecule has 0 bridgehead atoms. The second-order valence-corrected chi connectivity index (χ2v) is 5.73. The molecule has 1 unspecified atom stereocenters. The zero-order valence-corrected chi connectivity index (χ0v) is 12.8. The van der Waals surface area contributed by atoms with Crippen LogP contribution >= 0.6 is 0 Å². The minimum atomic E-state index is -0.931. The van der Waals surface area contributed by atoms with Crippen LogP contribution in [0.4, 0.5) is 0 Å². The Morgan fingerprint density at radius 1 is 1.05 bits per heavy atom. The predicted molar refractivity (Wildman–Crippen MR) is 79.3 cm³/mol. The molecule has 0 aromatic rings. The Morgan fingerprint density at radius 2 is 1.45 bits per heavy atom. The third-order valence-corrected chi connectivity index (χ3v) is 3.28. The Hall–Kier alpha value is -0.970. The normalized spacial score (nSPS) is 22.2. The maximum atomic E-state index is 11.6. The van der Waals surface area contributed by atoms with Crippen molar-refractivity contribution in [3.63, 3.8) is 0 Å². The number of nitrogens with zero attached hydrogens (tertiary/aromatic N) is 1. The van der Waals surface area contributed by atoms with Gasteiger partial charge in [-0.15, -0.1) is 0 Å². The summed E-state index contributed by atoms with van der Waals surface area (Å²) in [5.41, 5.74) is 0. The lowest BCUT2D eigenvalue weighted by atomic mass is 9.97. The number of Topliss-reactive ketones (excluding diaryl/α,β-unsaturated/α-hetero) is 1. The van der Waals surface area contributed by atoms with Crippen LogP contribution in [0.5, 0.6) is 0 Å². The third-order valence-electron chi connectivity index (χ3n) is 3.28. The van der Waals surface area contributed by atoms with Gasteiger partial charge in [-0.2, -0.15) is 0 Å². The lowest BCUT2D eigenvalue weighted by Crippen LogP contribution is -2.29. The third kappa shape index (κ3) is 10.9. The number of ketones is 1. The summed E-state index contributed by atoms with van der Waals surface area (Å²) in [5.74, 6) is -0.162. The van der Waals surface area contributed by atoms with Gasteiger partial charge in [0.15, 0.2) is 0 Å². The van der Waals surface area contributed by atoms with Crippen molar-refractivity contribution in [2.75, 3.05) is 0 Å². The van der Waals surface area contributed by atoms with Crippen LogP contribution in [0, 0.1) is 10.1 Å². The van der Waals surface area contributed by atoms with E-state index in [4.69, 9.17) is 5.11 Å². The first-order valence-electron chi connectivity index (χ1n) is 7.79. The average Bonchev–Trinajstić information content (AvgIpc) is 2.32. The molecule has 1 fully saturated rings. The van der Waals surface area contributed by atoms with E-state index in [9.17, 15) is 14.9 Å². The summed E-state index contributed by atoms with van der Waals surface area (Å²) in [4.78, 5) is 22.0. The largest absolute Gasteiger partial charge is 0.394 e. The van der Waals surface area contributed by atoms with Crippen LogP contribution in [-0.2, 0) is 4.79 Å². The molecule has 0 aromatic carbocycles. The highest BCUT2D eigenvalue weighted by atomic mass is 16.6. The molecule has 1 saturated carbocycles. The van der Waals surface area contributed by atoms with Crippen LogP contribution in [0.3, 0.4) is 0 Å². The highest BCUT2D eigenvalue weighted by Gasteiger charge is 2.27. The number of carbonyl (C=O) groups excluding carboxylic acids is 1. The summed E-state index contributed by atoms with van der Waals surface area (Å²) in [7, 11) is 0. The van der Waals surface area contributed by atoms with Crippen molar-refractivity contribution in [2.24, 2.45) is 0 Å². The van der Waals surface area contributed by atoms with Crippen molar-refractivity contribution < 1.29 is 14.8 Å². The first kappa shape index (κ1) is 19.0. The quantitative estimate of drug-likeness (QED) is 0.591. The van der Waals surface area contributed by atoms with Crippen molar-refractivity contribution in [2.45, 2.75) is 90.2 Å². The molecule has 1 atom stereocenters. The monoisotopic (exact) mass is 287 g/mol. The molecule has 1 N–H and O–H groups in total. The standard InChI is InChI=1S/C12H21NO3.C3H8O/c14-12-10-8-6-4-2-1-3-5-7-9-11(12)13(15)16;1-3(2)4/h11H,1-10H2;3-4H,1-2H3. The fourth-order valence-corrected chi connectivity index (χ4v) is 2.25. The van der Waals surface area contributed by atoms with Crippen LogP contribution in [0.25, 0.3) is 0 Å². The summed E-state index contributed by atoms with van der Waals surface area (Å²) in [6.07, 6.45) is 9.16. The second kappa shape index (κ2) is 11.8. The number of rotatable bonds is 1. The van der Waals surface area contributed by atoms with Crippen molar-refractivity contribution in [3.05, 3.63) is 10.1 Å². The fourth-order valence-electron chi connectivity index (χ4n) is 2.25. The highest BCUT2D eigenvalue weighted by Crippen LogP contribution is 2.16. The fraction of sp³-hybridized carbons (Fsp3) is 0.933. The van der Waals surface area contributed by atoms with Gasteiger partial charge in [-0.3, -0.25) is 14.9 Å². The van der Waals surface area contributed by atoms with Gasteiger partial charge in [-0.05, 0) is 26.7 Å². The Bertz CT molecular complexity index is 276. The van der Waals surface area contributed by atoms with Gasteiger partial charge in [-0.1, -0.05) is 38.5 Å². The average molecular weight is 287 g/mol. The van der Waals surface area contributed by atoms with E-state index in [2.05, 4.69) is 0 Å². The highest BCUT2D eigenvalue weighted by molar-refractivity contribution is 5.82. The summed E-state index contributed by atoms with van der Waals surface area (Å²) >= 11 is 0. The van der Waals surface area contributed by atoms with Gasteiger partial charge in [0, 0.05) is 23.9 Å². The molecule has 0 aromatic heterocycles. The van der Waals surface area contributed by atoms with Gasteiger partial charge >= 0.3 is 0 Å². The van der Waals surface area contributed by atoms with Crippen LogP contribution in [0.15, 0.2) is 0 Å². The van der Waals surface area contributed by atoms with E-state index in [1.165, 1.54) is 12.8 Å². The Balaban J connectivity index is 0.000000796. The number of aliphatic hydroxyl groups is 1. The molecule has 5 nitrogen and oxygen atoms in total. The molecule has 0 heterocycles. The Kier molecular flexibility index (Phi) is 11.3. The number of carbonyl (C=O) groups is 1. The van der Waals surface area contributed by atoms with Crippen molar-refractivity contribution in [1.82, 2.24) is 0 Å². The van der Waals surface area contributed by atoms with E-state index in [1.807, 2.05) is 0 Å². The molecule has 0 amide bonds. The maximum absolute atomic E-state index is 11.6.